The van der Waals surface area contributed by atoms with Crippen molar-refractivity contribution in [3.05, 3.63) is 35.5 Å². The zero-order chi connectivity index (χ0) is 17.0. The van der Waals surface area contributed by atoms with E-state index in [2.05, 4.69) is 10.3 Å². The molecule has 23 heavy (non-hydrogen) atoms. The summed E-state index contributed by atoms with van der Waals surface area (Å²) in [6.45, 7) is 8.85. The van der Waals surface area contributed by atoms with Gasteiger partial charge < -0.3 is 10.3 Å². The Kier molecular flexibility index (Phi) is 5.55. The highest BCUT2D eigenvalue weighted by Gasteiger charge is 2.19. The third-order valence-corrected chi connectivity index (χ3v) is 3.80. The van der Waals surface area contributed by atoms with Gasteiger partial charge in [-0.05, 0) is 33.4 Å². The second-order valence-corrected chi connectivity index (χ2v) is 6.12. The van der Waals surface area contributed by atoms with Crippen LogP contribution in [0.1, 0.15) is 36.8 Å². The number of rotatable bonds is 7. The van der Waals surface area contributed by atoms with Crippen molar-refractivity contribution >= 4 is 22.6 Å². The van der Waals surface area contributed by atoms with Gasteiger partial charge in [-0.25, -0.2) is 0 Å². The molecule has 5 nitrogen and oxygen atoms in total. The van der Waals surface area contributed by atoms with Gasteiger partial charge in [0.2, 0.25) is 5.91 Å². The van der Waals surface area contributed by atoms with Gasteiger partial charge in [0, 0.05) is 28.2 Å². The number of aryl methyl sites for hydroxylation is 1. The van der Waals surface area contributed by atoms with E-state index in [-0.39, 0.29) is 30.8 Å². The molecule has 0 spiro atoms. The van der Waals surface area contributed by atoms with Crippen molar-refractivity contribution in [1.29, 1.82) is 0 Å². The van der Waals surface area contributed by atoms with E-state index in [0.717, 1.165) is 22.2 Å². The summed E-state index contributed by atoms with van der Waals surface area (Å²) >= 11 is 0. The summed E-state index contributed by atoms with van der Waals surface area (Å²) in [6, 6.07) is 7.90. The van der Waals surface area contributed by atoms with Gasteiger partial charge in [0.25, 0.3) is 0 Å². The first-order chi connectivity index (χ1) is 10.9. The number of nitrogens with one attached hydrogen (secondary N) is 2. The lowest BCUT2D eigenvalue weighted by atomic mass is 10.1. The van der Waals surface area contributed by atoms with E-state index in [9.17, 15) is 9.59 Å². The fourth-order valence-corrected chi connectivity index (χ4v) is 2.77. The number of hydrogen-bond acceptors (Lipinski definition) is 3. The molecule has 0 aliphatic heterocycles. The number of para-hydroxylation sites is 1. The Balaban J connectivity index is 2.12. The molecule has 0 saturated heterocycles. The Morgan fingerprint density at radius 3 is 2.57 bits per heavy atom. The van der Waals surface area contributed by atoms with Gasteiger partial charge in [0.05, 0.1) is 13.1 Å². The number of benzene rings is 1. The Morgan fingerprint density at radius 1 is 1.22 bits per heavy atom. The van der Waals surface area contributed by atoms with Crippen LogP contribution in [0, 0.1) is 6.92 Å². The summed E-state index contributed by atoms with van der Waals surface area (Å²) in [4.78, 5) is 29.7. The van der Waals surface area contributed by atoms with Crippen molar-refractivity contribution in [2.75, 3.05) is 19.6 Å². The van der Waals surface area contributed by atoms with Crippen molar-refractivity contribution in [2.24, 2.45) is 0 Å². The Hall–Kier alpha value is -2.14. The Labute approximate surface area is 137 Å². The molecule has 1 aromatic heterocycles. The maximum Gasteiger partial charge on any atom is 0.234 e. The summed E-state index contributed by atoms with van der Waals surface area (Å²) < 4.78 is 0. The van der Waals surface area contributed by atoms with Gasteiger partial charge in [-0.15, -0.1) is 0 Å². The fraction of sp³-hybridized carbons (Fsp3) is 0.444. The van der Waals surface area contributed by atoms with E-state index in [1.165, 1.54) is 0 Å². The maximum absolute atomic E-state index is 12.7. The Morgan fingerprint density at radius 2 is 1.91 bits per heavy atom. The number of fused-ring (bicyclic) bond motifs is 1. The van der Waals surface area contributed by atoms with Crippen molar-refractivity contribution < 1.29 is 9.59 Å². The normalized spacial score (nSPS) is 11.4. The molecule has 0 unspecified atom stereocenters. The number of amides is 1. The van der Waals surface area contributed by atoms with Crippen LogP contribution in [0.2, 0.25) is 0 Å². The van der Waals surface area contributed by atoms with Gasteiger partial charge >= 0.3 is 0 Å². The van der Waals surface area contributed by atoms with Gasteiger partial charge in [-0.3, -0.25) is 14.5 Å². The third-order valence-electron chi connectivity index (χ3n) is 3.80. The zero-order valence-corrected chi connectivity index (χ0v) is 14.3. The summed E-state index contributed by atoms with van der Waals surface area (Å²) in [5.41, 5.74) is 2.57. The van der Waals surface area contributed by atoms with Crippen LogP contribution in [0.3, 0.4) is 0 Å². The Bertz CT molecular complexity index is 703. The monoisotopic (exact) mass is 315 g/mol. The second-order valence-electron chi connectivity index (χ2n) is 6.12. The average Bonchev–Trinajstić information content (AvgIpc) is 2.81. The summed E-state index contributed by atoms with van der Waals surface area (Å²) in [6.07, 6.45) is 0. The summed E-state index contributed by atoms with van der Waals surface area (Å²) in [5, 5.41) is 3.80. The van der Waals surface area contributed by atoms with Crippen LogP contribution in [0.15, 0.2) is 24.3 Å². The minimum Gasteiger partial charge on any atom is -0.358 e. The number of Topliss-reactive ketones (excluding diaryl/α,β-unsaturated/α-hetero) is 1. The molecule has 0 fully saturated rings. The molecule has 0 atom stereocenters. The molecule has 1 heterocycles. The molecular formula is C18H25N3O2. The molecule has 2 rings (SSSR count). The largest absolute Gasteiger partial charge is 0.358 e. The zero-order valence-electron chi connectivity index (χ0n) is 14.3. The minimum atomic E-state index is -0.0506. The lowest BCUT2D eigenvalue weighted by molar-refractivity contribution is -0.122. The molecule has 124 valence electrons. The van der Waals surface area contributed by atoms with E-state index in [4.69, 9.17) is 0 Å². The SMILES string of the molecule is CCN(CC(=O)NC(C)C)CC(=O)c1c(C)[nH]c2ccccc12. The maximum atomic E-state index is 12.7. The molecule has 0 aliphatic rings. The lowest BCUT2D eigenvalue weighted by Gasteiger charge is -2.20. The molecule has 0 bridgehead atoms. The van der Waals surface area contributed by atoms with E-state index in [1.54, 1.807) is 0 Å². The van der Waals surface area contributed by atoms with Crippen LogP contribution in [0.25, 0.3) is 10.9 Å². The molecular weight excluding hydrogens is 290 g/mol. The van der Waals surface area contributed by atoms with Crippen molar-refractivity contribution in [3.63, 3.8) is 0 Å². The third kappa shape index (κ3) is 4.20. The molecule has 2 N–H and O–H groups in total. The van der Waals surface area contributed by atoms with Crippen LogP contribution in [0.4, 0.5) is 0 Å². The molecule has 0 radical (unpaired) electrons. The highest BCUT2D eigenvalue weighted by molar-refractivity contribution is 6.10. The topological polar surface area (TPSA) is 65.2 Å². The first kappa shape index (κ1) is 17.2. The fourth-order valence-electron chi connectivity index (χ4n) is 2.77. The van der Waals surface area contributed by atoms with Gasteiger partial charge in [0.15, 0.2) is 5.78 Å². The van der Waals surface area contributed by atoms with E-state index in [1.807, 2.05) is 56.9 Å². The van der Waals surface area contributed by atoms with E-state index < -0.39 is 0 Å². The number of hydrogen-bond donors (Lipinski definition) is 2. The number of aromatic nitrogens is 1. The van der Waals surface area contributed by atoms with Crippen molar-refractivity contribution in [2.45, 2.75) is 33.7 Å². The summed E-state index contributed by atoms with van der Waals surface area (Å²) in [7, 11) is 0. The summed E-state index contributed by atoms with van der Waals surface area (Å²) in [5.74, 6) is -0.00977. The predicted octanol–water partition coefficient (Wildman–Crippen LogP) is 2.51. The second kappa shape index (κ2) is 7.42. The number of H-pyrrole nitrogens is 1. The molecule has 0 aliphatic carbocycles. The number of ketones is 1. The highest BCUT2D eigenvalue weighted by atomic mass is 16.2. The number of aromatic amines is 1. The van der Waals surface area contributed by atoms with Crippen LogP contribution in [-0.4, -0.2) is 47.3 Å². The standard InChI is InChI=1S/C18H25N3O2/c1-5-21(11-17(23)19-12(2)3)10-16(22)18-13(4)20-15-9-7-6-8-14(15)18/h6-9,12,20H,5,10-11H2,1-4H3,(H,19,23). The van der Waals surface area contributed by atoms with Crippen LogP contribution in [0.5, 0.6) is 0 Å². The molecule has 1 aromatic carbocycles. The number of carbonyl (C=O) groups is 2. The highest BCUT2D eigenvalue weighted by Crippen LogP contribution is 2.22. The smallest absolute Gasteiger partial charge is 0.234 e. The number of carbonyl (C=O) groups excluding carboxylic acids is 2. The van der Waals surface area contributed by atoms with Crippen molar-refractivity contribution in [3.8, 4) is 0 Å². The average molecular weight is 315 g/mol. The van der Waals surface area contributed by atoms with Crippen LogP contribution in [-0.2, 0) is 4.79 Å². The van der Waals surface area contributed by atoms with Crippen LogP contribution < -0.4 is 5.32 Å². The number of likely N-dealkylation sites (N-methyl/N-ethyl adjacent to an activating group) is 1. The van der Waals surface area contributed by atoms with Crippen molar-refractivity contribution in [1.82, 2.24) is 15.2 Å². The van der Waals surface area contributed by atoms with Crippen LogP contribution >= 0.6 is 0 Å². The molecule has 5 heteroatoms. The molecule has 2 aromatic rings. The predicted molar refractivity (Wildman–Crippen MR) is 92.8 cm³/mol. The quantitative estimate of drug-likeness (QED) is 0.772. The van der Waals surface area contributed by atoms with Gasteiger partial charge in [-0.2, -0.15) is 0 Å². The van der Waals surface area contributed by atoms with Gasteiger partial charge in [-0.1, -0.05) is 25.1 Å². The molecule has 1 amide bonds. The first-order valence-electron chi connectivity index (χ1n) is 8.04. The first-order valence-corrected chi connectivity index (χ1v) is 8.04. The minimum absolute atomic E-state index is 0.0409. The van der Waals surface area contributed by atoms with Gasteiger partial charge in [0.1, 0.15) is 0 Å². The van der Waals surface area contributed by atoms with E-state index >= 15 is 0 Å². The lowest BCUT2D eigenvalue weighted by Crippen LogP contribution is -2.41. The molecule has 0 saturated carbocycles. The van der Waals surface area contributed by atoms with E-state index in [0.29, 0.717) is 6.54 Å². The number of nitrogens with zero attached hydrogens (tertiary/aromatic N) is 1.